The molecule has 1 saturated heterocycles. The van der Waals surface area contributed by atoms with Gasteiger partial charge in [0.1, 0.15) is 15.7 Å². The lowest BCUT2D eigenvalue weighted by atomic mass is 9.87. The Labute approximate surface area is 204 Å². The van der Waals surface area contributed by atoms with E-state index in [0.717, 1.165) is 18.8 Å². The molecule has 2 fully saturated rings. The number of hydrogen-bond acceptors (Lipinski definition) is 6. The number of nitrogens with zero attached hydrogens (tertiary/aromatic N) is 4. The number of aromatic nitrogens is 4. The Bertz CT molecular complexity index is 1340. The van der Waals surface area contributed by atoms with Gasteiger partial charge >= 0.3 is 5.69 Å². The van der Waals surface area contributed by atoms with Crippen LogP contribution < -0.4 is 11.0 Å². The molecule has 3 aromatic rings. The van der Waals surface area contributed by atoms with Gasteiger partial charge in [-0.1, -0.05) is 6.92 Å². The molecule has 1 aromatic carbocycles. The number of rotatable bonds is 5. The second-order valence-electron chi connectivity index (χ2n) is 9.77. The first-order valence-electron chi connectivity index (χ1n) is 12.2. The Morgan fingerprint density at radius 2 is 1.69 bits per heavy atom. The SMILES string of the molecule is C[C@H]1CC[C@H](Nc2nccc(-c3cn(C4CCS(=O)(=O)CC4)c(=O)n3-c3ccc(F)cc3)n2)CC1. The van der Waals surface area contributed by atoms with Gasteiger partial charge in [-0.05, 0) is 74.8 Å². The lowest BCUT2D eigenvalue weighted by Crippen LogP contribution is -2.32. The molecule has 0 amide bonds. The summed E-state index contributed by atoms with van der Waals surface area (Å²) < 4.78 is 40.6. The van der Waals surface area contributed by atoms with Gasteiger partial charge in [0.2, 0.25) is 5.95 Å². The Kier molecular flexibility index (Phi) is 6.48. The van der Waals surface area contributed by atoms with Gasteiger partial charge in [0.05, 0.1) is 28.6 Å². The zero-order chi connectivity index (χ0) is 24.6. The van der Waals surface area contributed by atoms with E-state index < -0.39 is 15.7 Å². The fourth-order valence-electron chi connectivity index (χ4n) is 5.06. The van der Waals surface area contributed by atoms with Crippen LogP contribution in [0.3, 0.4) is 0 Å². The summed E-state index contributed by atoms with van der Waals surface area (Å²) in [6.45, 7) is 2.27. The van der Waals surface area contributed by atoms with E-state index in [-0.39, 0.29) is 23.2 Å². The lowest BCUT2D eigenvalue weighted by molar-refractivity contribution is 0.360. The van der Waals surface area contributed by atoms with Gasteiger partial charge in [0.25, 0.3) is 0 Å². The molecule has 0 unspecified atom stereocenters. The Morgan fingerprint density at radius 1 is 1.00 bits per heavy atom. The number of sulfone groups is 1. The second kappa shape index (κ2) is 9.56. The molecule has 10 heteroatoms. The van der Waals surface area contributed by atoms with Crippen LogP contribution in [0.2, 0.25) is 0 Å². The first-order valence-corrected chi connectivity index (χ1v) is 14.0. The topological polar surface area (TPSA) is 98.9 Å². The van der Waals surface area contributed by atoms with E-state index >= 15 is 0 Å². The van der Waals surface area contributed by atoms with E-state index in [1.165, 1.54) is 29.5 Å². The average molecular weight is 500 g/mol. The first kappa shape index (κ1) is 23.7. The molecular weight excluding hydrogens is 469 g/mol. The average Bonchev–Trinajstić information content (AvgIpc) is 3.18. The molecule has 1 aliphatic heterocycles. The van der Waals surface area contributed by atoms with E-state index in [4.69, 9.17) is 4.98 Å². The number of halogens is 1. The molecule has 0 radical (unpaired) electrons. The summed E-state index contributed by atoms with van der Waals surface area (Å²) in [7, 11) is -3.06. The standard InChI is InChI=1S/C25H30FN5O3S/c1-17-2-6-19(7-3-17)28-24-27-13-10-22(29-24)23-16-30(20-11-14-35(33,34)15-12-20)25(32)31(23)21-8-4-18(26)5-9-21/h4-5,8-10,13,16-17,19-20H,2-3,6-7,11-12,14-15H2,1H3,(H,27,28,29)/t17-,19-. The van der Waals surface area contributed by atoms with Crippen LogP contribution in [0.15, 0.2) is 47.5 Å². The normalized spacial score (nSPS) is 22.7. The van der Waals surface area contributed by atoms with Crippen LogP contribution in [0.1, 0.15) is 51.5 Å². The van der Waals surface area contributed by atoms with Crippen molar-refractivity contribution in [2.75, 3.05) is 16.8 Å². The zero-order valence-corrected chi connectivity index (χ0v) is 20.5. The van der Waals surface area contributed by atoms with Crippen molar-refractivity contribution in [2.45, 2.75) is 57.5 Å². The fourth-order valence-corrected chi connectivity index (χ4v) is 6.53. The van der Waals surface area contributed by atoms with E-state index in [1.54, 1.807) is 35.2 Å². The summed E-state index contributed by atoms with van der Waals surface area (Å²) in [4.78, 5) is 22.7. The molecular formula is C25H30FN5O3S. The van der Waals surface area contributed by atoms with Gasteiger partial charge in [-0.25, -0.2) is 27.6 Å². The summed E-state index contributed by atoms with van der Waals surface area (Å²) in [5.74, 6) is 0.970. The molecule has 2 aromatic heterocycles. The third kappa shape index (κ3) is 5.17. The molecule has 0 atom stereocenters. The van der Waals surface area contributed by atoms with Crippen LogP contribution in [0.4, 0.5) is 10.3 Å². The number of nitrogens with one attached hydrogen (secondary N) is 1. The van der Waals surface area contributed by atoms with Gasteiger partial charge in [-0.15, -0.1) is 0 Å². The lowest BCUT2D eigenvalue weighted by Gasteiger charge is -2.26. The number of benzene rings is 1. The summed E-state index contributed by atoms with van der Waals surface area (Å²) in [6, 6.07) is 7.57. The van der Waals surface area contributed by atoms with E-state index in [9.17, 15) is 17.6 Å². The molecule has 1 saturated carbocycles. The molecule has 2 aliphatic rings. The molecule has 1 N–H and O–H groups in total. The van der Waals surface area contributed by atoms with Gasteiger partial charge in [-0.2, -0.15) is 0 Å². The minimum Gasteiger partial charge on any atom is -0.351 e. The van der Waals surface area contributed by atoms with Crippen LogP contribution in [0.5, 0.6) is 0 Å². The highest BCUT2D eigenvalue weighted by Gasteiger charge is 2.28. The molecule has 0 spiro atoms. The molecule has 1 aliphatic carbocycles. The van der Waals surface area contributed by atoms with Crippen molar-refractivity contribution in [1.82, 2.24) is 19.1 Å². The Morgan fingerprint density at radius 3 is 2.37 bits per heavy atom. The van der Waals surface area contributed by atoms with Gasteiger partial charge < -0.3 is 5.32 Å². The van der Waals surface area contributed by atoms with E-state index in [2.05, 4.69) is 17.2 Å². The van der Waals surface area contributed by atoms with Crippen molar-refractivity contribution in [3.05, 3.63) is 59.0 Å². The van der Waals surface area contributed by atoms with Crippen LogP contribution in [0, 0.1) is 11.7 Å². The van der Waals surface area contributed by atoms with Crippen molar-refractivity contribution < 1.29 is 12.8 Å². The molecule has 3 heterocycles. The third-order valence-corrected chi connectivity index (χ3v) is 8.90. The highest BCUT2D eigenvalue weighted by molar-refractivity contribution is 7.91. The third-order valence-electron chi connectivity index (χ3n) is 7.18. The van der Waals surface area contributed by atoms with Crippen LogP contribution in [-0.4, -0.2) is 45.1 Å². The van der Waals surface area contributed by atoms with Crippen molar-refractivity contribution >= 4 is 15.8 Å². The van der Waals surface area contributed by atoms with Crippen molar-refractivity contribution in [1.29, 1.82) is 0 Å². The maximum Gasteiger partial charge on any atom is 0.333 e. The predicted octanol–water partition coefficient (Wildman–Crippen LogP) is 3.98. The van der Waals surface area contributed by atoms with Crippen molar-refractivity contribution in [3.8, 4) is 17.1 Å². The Balaban J connectivity index is 1.52. The number of imidazole rings is 1. The molecule has 5 rings (SSSR count). The van der Waals surface area contributed by atoms with Gasteiger partial charge in [-0.3, -0.25) is 9.13 Å². The van der Waals surface area contributed by atoms with Crippen LogP contribution >= 0.6 is 0 Å². The Hall–Kier alpha value is -3.01. The summed E-state index contributed by atoms with van der Waals surface area (Å²) in [5, 5.41) is 3.44. The van der Waals surface area contributed by atoms with Gasteiger partial charge in [0.15, 0.2) is 0 Å². The van der Waals surface area contributed by atoms with Gasteiger partial charge in [0, 0.05) is 24.5 Å². The highest BCUT2D eigenvalue weighted by atomic mass is 32.2. The largest absolute Gasteiger partial charge is 0.351 e. The van der Waals surface area contributed by atoms with Crippen LogP contribution in [-0.2, 0) is 9.84 Å². The first-order chi connectivity index (χ1) is 16.8. The van der Waals surface area contributed by atoms with Crippen molar-refractivity contribution in [2.24, 2.45) is 5.92 Å². The maximum absolute atomic E-state index is 13.6. The molecule has 8 nitrogen and oxygen atoms in total. The quantitative estimate of drug-likeness (QED) is 0.570. The van der Waals surface area contributed by atoms with Crippen molar-refractivity contribution in [3.63, 3.8) is 0 Å². The summed E-state index contributed by atoms with van der Waals surface area (Å²) >= 11 is 0. The molecule has 0 bridgehead atoms. The smallest absolute Gasteiger partial charge is 0.333 e. The van der Waals surface area contributed by atoms with E-state index in [1.807, 2.05) is 0 Å². The second-order valence-corrected chi connectivity index (χ2v) is 12.1. The monoisotopic (exact) mass is 499 g/mol. The zero-order valence-electron chi connectivity index (χ0n) is 19.7. The summed E-state index contributed by atoms with van der Waals surface area (Å²) in [5.41, 5.74) is 1.33. The number of anilines is 1. The van der Waals surface area contributed by atoms with Crippen LogP contribution in [0.25, 0.3) is 17.1 Å². The minimum atomic E-state index is -3.06. The predicted molar refractivity (Wildman–Crippen MR) is 133 cm³/mol. The summed E-state index contributed by atoms with van der Waals surface area (Å²) in [6.07, 6.45) is 8.63. The molecule has 35 heavy (non-hydrogen) atoms. The molecule has 186 valence electrons. The fraction of sp³-hybridized carbons (Fsp3) is 0.480. The maximum atomic E-state index is 13.6. The minimum absolute atomic E-state index is 0.0583. The highest BCUT2D eigenvalue weighted by Crippen LogP contribution is 2.28. The van der Waals surface area contributed by atoms with E-state index in [0.29, 0.717) is 41.9 Å². The number of hydrogen-bond donors (Lipinski definition) is 1.